The second-order valence-electron chi connectivity index (χ2n) is 4.35. The summed E-state index contributed by atoms with van der Waals surface area (Å²) in [5.41, 5.74) is 2.22. The third-order valence-electron chi connectivity index (χ3n) is 2.84. The molecule has 0 bridgehead atoms. The Balaban J connectivity index is 2.30. The van der Waals surface area contributed by atoms with Crippen LogP contribution < -0.4 is 5.32 Å². The Morgan fingerprint density at radius 2 is 1.95 bits per heavy atom. The van der Waals surface area contributed by atoms with E-state index in [0.717, 1.165) is 11.1 Å². The number of aromatic carboxylic acids is 1. The number of carboxylic acids is 1. The fourth-order valence-corrected chi connectivity index (χ4v) is 2.83. The van der Waals surface area contributed by atoms with Gasteiger partial charge in [0.2, 0.25) is 0 Å². The summed E-state index contributed by atoms with van der Waals surface area (Å²) < 4.78 is 0. The standard InChI is InChI=1S/C14H12ClNO3S/c1-7-3-4-9(14(18)19)5-10(7)16-13(17)12-11(15)8(2)6-20-12/h3-6H,1-2H3,(H,16,17)(H,18,19). The number of amides is 1. The molecule has 0 saturated carbocycles. The van der Waals surface area contributed by atoms with E-state index in [9.17, 15) is 9.59 Å². The molecule has 0 saturated heterocycles. The van der Waals surface area contributed by atoms with Gasteiger partial charge in [-0.3, -0.25) is 4.79 Å². The average Bonchev–Trinajstić information content (AvgIpc) is 2.72. The van der Waals surface area contributed by atoms with Crippen molar-refractivity contribution in [2.24, 2.45) is 0 Å². The number of rotatable bonds is 3. The first-order valence-corrected chi connectivity index (χ1v) is 7.04. The Labute approximate surface area is 125 Å². The topological polar surface area (TPSA) is 66.4 Å². The Kier molecular flexibility index (Phi) is 4.11. The Morgan fingerprint density at radius 3 is 2.50 bits per heavy atom. The molecule has 0 unspecified atom stereocenters. The number of anilines is 1. The molecule has 1 aromatic heterocycles. The van der Waals surface area contributed by atoms with E-state index in [1.54, 1.807) is 18.4 Å². The maximum absolute atomic E-state index is 12.1. The van der Waals surface area contributed by atoms with Gasteiger partial charge < -0.3 is 10.4 Å². The lowest BCUT2D eigenvalue weighted by Gasteiger charge is -2.08. The van der Waals surface area contributed by atoms with Gasteiger partial charge in [0.15, 0.2) is 0 Å². The number of benzene rings is 1. The van der Waals surface area contributed by atoms with Crippen molar-refractivity contribution in [3.05, 3.63) is 50.2 Å². The number of carbonyl (C=O) groups excluding carboxylic acids is 1. The lowest BCUT2D eigenvalue weighted by molar-refractivity contribution is 0.0696. The third-order valence-corrected chi connectivity index (χ3v) is 4.53. The molecule has 0 atom stereocenters. The number of hydrogen-bond acceptors (Lipinski definition) is 3. The quantitative estimate of drug-likeness (QED) is 0.901. The van der Waals surface area contributed by atoms with Crippen molar-refractivity contribution >= 4 is 40.5 Å². The summed E-state index contributed by atoms with van der Waals surface area (Å²) in [4.78, 5) is 23.5. The first kappa shape index (κ1) is 14.6. The van der Waals surface area contributed by atoms with E-state index in [-0.39, 0.29) is 11.5 Å². The minimum Gasteiger partial charge on any atom is -0.478 e. The summed E-state index contributed by atoms with van der Waals surface area (Å²) in [7, 11) is 0. The number of aryl methyl sites for hydroxylation is 2. The molecule has 0 aliphatic rings. The molecule has 0 fully saturated rings. The molecule has 1 aromatic carbocycles. The van der Waals surface area contributed by atoms with Crippen molar-refractivity contribution < 1.29 is 14.7 Å². The molecule has 0 aliphatic carbocycles. The van der Waals surface area contributed by atoms with E-state index < -0.39 is 5.97 Å². The van der Waals surface area contributed by atoms with Crippen LogP contribution in [-0.4, -0.2) is 17.0 Å². The fraction of sp³-hybridized carbons (Fsp3) is 0.143. The van der Waals surface area contributed by atoms with Gasteiger partial charge in [-0.15, -0.1) is 11.3 Å². The number of hydrogen-bond donors (Lipinski definition) is 2. The van der Waals surface area contributed by atoms with Gasteiger partial charge in [0, 0.05) is 5.69 Å². The molecule has 104 valence electrons. The number of nitrogens with one attached hydrogen (secondary N) is 1. The maximum atomic E-state index is 12.1. The third kappa shape index (κ3) is 2.84. The second-order valence-corrected chi connectivity index (χ2v) is 5.61. The summed E-state index contributed by atoms with van der Waals surface area (Å²) in [6, 6.07) is 4.58. The fourth-order valence-electron chi connectivity index (χ4n) is 1.65. The maximum Gasteiger partial charge on any atom is 0.335 e. The molecular formula is C14H12ClNO3S. The number of thiophene rings is 1. The normalized spacial score (nSPS) is 10.3. The summed E-state index contributed by atoms with van der Waals surface area (Å²) in [6.07, 6.45) is 0. The van der Waals surface area contributed by atoms with Crippen molar-refractivity contribution in [1.82, 2.24) is 0 Å². The molecule has 1 heterocycles. The molecule has 2 N–H and O–H groups in total. The van der Waals surface area contributed by atoms with Gasteiger partial charge in [-0.05, 0) is 42.5 Å². The largest absolute Gasteiger partial charge is 0.478 e. The zero-order valence-corrected chi connectivity index (χ0v) is 12.4. The van der Waals surface area contributed by atoms with Crippen molar-refractivity contribution in [3.63, 3.8) is 0 Å². The van der Waals surface area contributed by atoms with Gasteiger partial charge in [-0.2, -0.15) is 0 Å². The van der Waals surface area contributed by atoms with Crippen molar-refractivity contribution in [2.45, 2.75) is 13.8 Å². The van der Waals surface area contributed by atoms with E-state index in [2.05, 4.69) is 5.32 Å². The average molecular weight is 310 g/mol. The molecular weight excluding hydrogens is 298 g/mol. The van der Waals surface area contributed by atoms with E-state index in [1.165, 1.54) is 23.5 Å². The lowest BCUT2D eigenvalue weighted by Crippen LogP contribution is -2.12. The van der Waals surface area contributed by atoms with Crippen LogP contribution in [0.4, 0.5) is 5.69 Å². The zero-order valence-electron chi connectivity index (χ0n) is 10.9. The highest BCUT2D eigenvalue weighted by atomic mass is 35.5. The molecule has 0 aliphatic heterocycles. The van der Waals surface area contributed by atoms with Crippen LogP contribution in [0.5, 0.6) is 0 Å². The minimum atomic E-state index is -1.04. The second kappa shape index (κ2) is 5.64. The van der Waals surface area contributed by atoms with Crippen LogP contribution in [-0.2, 0) is 0 Å². The highest BCUT2D eigenvalue weighted by Crippen LogP contribution is 2.28. The van der Waals surface area contributed by atoms with E-state index in [4.69, 9.17) is 16.7 Å². The van der Waals surface area contributed by atoms with Crippen LogP contribution in [0.3, 0.4) is 0 Å². The first-order chi connectivity index (χ1) is 9.40. The van der Waals surface area contributed by atoms with Crippen LogP contribution in [0.1, 0.15) is 31.2 Å². The number of carboxylic acid groups (broad SMARTS) is 1. The summed E-state index contributed by atoms with van der Waals surface area (Å²) in [5, 5.41) is 13.9. The van der Waals surface area contributed by atoms with Crippen molar-refractivity contribution in [3.8, 4) is 0 Å². The molecule has 4 nitrogen and oxygen atoms in total. The summed E-state index contributed by atoms with van der Waals surface area (Å²) in [5.74, 6) is -1.37. The Morgan fingerprint density at radius 1 is 1.25 bits per heavy atom. The van der Waals surface area contributed by atoms with E-state index in [0.29, 0.717) is 15.6 Å². The molecule has 1 amide bonds. The van der Waals surface area contributed by atoms with Crippen LogP contribution in [0.25, 0.3) is 0 Å². The summed E-state index contributed by atoms with van der Waals surface area (Å²) >= 11 is 7.31. The van der Waals surface area contributed by atoms with Crippen LogP contribution >= 0.6 is 22.9 Å². The van der Waals surface area contributed by atoms with Crippen molar-refractivity contribution in [1.29, 1.82) is 0 Å². The van der Waals surface area contributed by atoms with E-state index >= 15 is 0 Å². The van der Waals surface area contributed by atoms with Crippen molar-refractivity contribution in [2.75, 3.05) is 5.32 Å². The Hall–Kier alpha value is -1.85. The van der Waals surface area contributed by atoms with Crippen LogP contribution in [0, 0.1) is 13.8 Å². The van der Waals surface area contributed by atoms with Gasteiger partial charge >= 0.3 is 5.97 Å². The van der Waals surface area contributed by atoms with Gasteiger partial charge in [-0.25, -0.2) is 4.79 Å². The molecule has 0 radical (unpaired) electrons. The molecule has 20 heavy (non-hydrogen) atoms. The van der Waals surface area contributed by atoms with Crippen LogP contribution in [0.2, 0.25) is 5.02 Å². The number of halogens is 1. The molecule has 0 spiro atoms. The highest BCUT2D eigenvalue weighted by molar-refractivity contribution is 7.13. The molecule has 2 rings (SSSR count). The molecule has 2 aromatic rings. The lowest BCUT2D eigenvalue weighted by atomic mass is 10.1. The SMILES string of the molecule is Cc1ccc(C(=O)O)cc1NC(=O)c1scc(C)c1Cl. The van der Waals surface area contributed by atoms with Gasteiger partial charge in [0.25, 0.3) is 5.91 Å². The van der Waals surface area contributed by atoms with Gasteiger partial charge in [-0.1, -0.05) is 17.7 Å². The zero-order chi connectivity index (χ0) is 14.9. The first-order valence-electron chi connectivity index (χ1n) is 5.79. The predicted molar refractivity (Wildman–Crippen MR) is 80.2 cm³/mol. The molecule has 6 heteroatoms. The minimum absolute atomic E-state index is 0.124. The van der Waals surface area contributed by atoms with Gasteiger partial charge in [0.05, 0.1) is 10.6 Å². The smallest absolute Gasteiger partial charge is 0.335 e. The van der Waals surface area contributed by atoms with Gasteiger partial charge in [0.1, 0.15) is 4.88 Å². The predicted octanol–water partition coefficient (Wildman–Crippen LogP) is 3.97. The van der Waals surface area contributed by atoms with Crippen LogP contribution in [0.15, 0.2) is 23.6 Å². The monoisotopic (exact) mass is 309 g/mol. The summed E-state index contributed by atoms with van der Waals surface area (Å²) in [6.45, 7) is 3.62. The number of carbonyl (C=O) groups is 2. The highest BCUT2D eigenvalue weighted by Gasteiger charge is 2.16. The van der Waals surface area contributed by atoms with E-state index in [1.807, 2.05) is 6.92 Å². The Bertz CT molecular complexity index is 694.